The molecule has 0 spiro atoms. The lowest BCUT2D eigenvalue weighted by molar-refractivity contribution is 0.194. The molecule has 0 aromatic heterocycles. The van der Waals surface area contributed by atoms with E-state index in [2.05, 4.69) is 21.2 Å². The molecular formula is C11H16BrNO2. The number of phenols is 1. The molecule has 0 aliphatic carbocycles. The molecular weight excluding hydrogens is 258 g/mol. The Morgan fingerprint density at radius 3 is 3.00 bits per heavy atom. The van der Waals surface area contributed by atoms with Gasteiger partial charge in [-0.2, -0.15) is 0 Å². The van der Waals surface area contributed by atoms with E-state index in [9.17, 15) is 5.11 Å². The van der Waals surface area contributed by atoms with Crippen molar-refractivity contribution in [1.29, 1.82) is 0 Å². The van der Waals surface area contributed by atoms with Crippen LogP contribution in [0.2, 0.25) is 0 Å². The predicted molar refractivity (Wildman–Crippen MR) is 64.0 cm³/mol. The van der Waals surface area contributed by atoms with Gasteiger partial charge in [0.15, 0.2) is 0 Å². The highest BCUT2D eigenvalue weighted by Crippen LogP contribution is 2.26. The standard InChI is InChI=1S/C11H16BrNO2/c1-15-7-3-6-13-8-9-4-2-5-10(12)11(9)14/h2,4-5,13-14H,3,6-8H2,1H3. The summed E-state index contributed by atoms with van der Waals surface area (Å²) in [5.41, 5.74) is 0.904. The van der Waals surface area contributed by atoms with Crippen LogP contribution in [-0.2, 0) is 11.3 Å². The lowest BCUT2D eigenvalue weighted by Crippen LogP contribution is -2.16. The van der Waals surface area contributed by atoms with Crippen LogP contribution in [0.3, 0.4) is 0 Å². The van der Waals surface area contributed by atoms with Crippen LogP contribution in [0.4, 0.5) is 0 Å². The lowest BCUT2D eigenvalue weighted by Gasteiger charge is -2.07. The highest BCUT2D eigenvalue weighted by Gasteiger charge is 2.03. The van der Waals surface area contributed by atoms with E-state index in [0.717, 1.165) is 29.6 Å². The first-order valence-electron chi connectivity index (χ1n) is 4.91. The molecule has 1 aromatic carbocycles. The van der Waals surface area contributed by atoms with Crippen LogP contribution in [0, 0.1) is 0 Å². The Labute approximate surface area is 98.6 Å². The fraction of sp³-hybridized carbons (Fsp3) is 0.455. The van der Waals surface area contributed by atoms with Gasteiger partial charge < -0.3 is 15.2 Å². The summed E-state index contributed by atoms with van der Waals surface area (Å²) in [5, 5.41) is 12.9. The highest BCUT2D eigenvalue weighted by atomic mass is 79.9. The van der Waals surface area contributed by atoms with E-state index in [1.807, 2.05) is 18.2 Å². The van der Waals surface area contributed by atoms with Gasteiger partial charge in [0, 0.05) is 25.8 Å². The van der Waals surface area contributed by atoms with E-state index >= 15 is 0 Å². The topological polar surface area (TPSA) is 41.5 Å². The summed E-state index contributed by atoms with van der Waals surface area (Å²) in [4.78, 5) is 0. The van der Waals surface area contributed by atoms with Gasteiger partial charge in [-0.05, 0) is 35.0 Å². The van der Waals surface area contributed by atoms with Crippen molar-refractivity contribution in [2.45, 2.75) is 13.0 Å². The smallest absolute Gasteiger partial charge is 0.134 e. The van der Waals surface area contributed by atoms with E-state index in [4.69, 9.17) is 4.74 Å². The Bertz CT molecular complexity index is 305. The fourth-order valence-corrected chi connectivity index (χ4v) is 1.67. The van der Waals surface area contributed by atoms with Gasteiger partial charge in [0.2, 0.25) is 0 Å². The lowest BCUT2D eigenvalue weighted by atomic mass is 10.2. The minimum absolute atomic E-state index is 0.316. The van der Waals surface area contributed by atoms with Crippen molar-refractivity contribution in [1.82, 2.24) is 5.32 Å². The Morgan fingerprint density at radius 2 is 2.27 bits per heavy atom. The molecule has 1 rings (SSSR count). The minimum atomic E-state index is 0.316. The molecule has 0 bridgehead atoms. The third kappa shape index (κ3) is 4.20. The Hall–Kier alpha value is -0.580. The highest BCUT2D eigenvalue weighted by molar-refractivity contribution is 9.10. The monoisotopic (exact) mass is 273 g/mol. The average molecular weight is 274 g/mol. The van der Waals surface area contributed by atoms with E-state index in [1.54, 1.807) is 7.11 Å². The molecule has 0 fully saturated rings. The molecule has 84 valence electrons. The number of hydrogen-bond acceptors (Lipinski definition) is 3. The number of halogens is 1. The van der Waals surface area contributed by atoms with E-state index in [-0.39, 0.29) is 0 Å². The summed E-state index contributed by atoms with van der Waals surface area (Å²) in [6, 6.07) is 5.64. The van der Waals surface area contributed by atoms with Crippen LogP contribution in [0.1, 0.15) is 12.0 Å². The second kappa shape index (κ2) is 6.82. The SMILES string of the molecule is COCCCNCc1cccc(Br)c1O. The molecule has 1 aromatic rings. The van der Waals surface area contributed by atoms with Gasteiger partial charge in [0.25, 0.3) is 0 Å². The quantitative estimate of drug-likeness (QED) is 0.782. The summed E-state index contributed by atoms with van der Waals surface area (Å²) in [5.74, 6) is 0.316. The van der Waals surface area contributed by atoms with Crippen LogP contribution < -0.4 is 5.32 Å². The third-order valence-electron chi connectivity index (χ3n) is 2.09. The minimum Gasteiger partial charge on any atom is -0.506 e. The number of ether oxygens (including phenoxy) is 1. The molecule has 2 N–H and O–H groups in total. The molecule has 0 radical (unpaired) electrons. The van der Waals surface area contributed by atoms with Gasteiger partial charge in [0.1, 0.15) is 5.75 Å². The predicted octanol–water partition coefficient (Wildman–Crippen LogP) is 2.28. The summed E-state index contributed by atoms with van der Waals surface area (Å²) in [6.07, 6.45) is 0.977. The van der Waals surface area contributed by atoms with E-state index in [1.165, 1.54) is 0 Å². The maximum absolute atomic E-state index is 9.69. The number of methoxy groups -OCH3 is 1. The number of benzene rings is 1. The first-order chi connectivity index (χ1) is 7.25. The van der Waals surface area contributed by atoms with Crippen LogP contribution in [0.25, 0.3) is 0 Å². The molecule has 4 heteroatoms. The molecule has 0 saturated carbocycles. The van der Waals surface area contributed by atoms with Crippen molar-refractivity contribution in [3.63, 3.8) is 0 Å². The molecule has 0 aliphatic rings. The largest absolute Gasteiger partial charge is 0.506 e. The summed E-state index contributed by atoms with van der Waals surface area (Å²) in [6.45, 7) is 2.33. The van der Waals surface area contributed by atoms with Crippen molar-refractivity contribution in [2.75, 3.05) is 20.3 Å². The zero-order valence-electron chi connectivity index (χ0n) is 8.79. The van der Waals surface area contributed by atoms with Crippen molar-refractivity contribution in [3.8, 4) is 5.75 Å². The number of rotatable bonds is 6. The molecule has 0 atom stereocenters. The van der Waals surface area contributed by atoms with Crippen LogP contribution >= 0.6 is 15.9 Å². The van der Waals surface area contributed by atoms with Gasteiger partial charge >= 0.3 is 0 Å². The molecule has 15 heavy (non-hydrogen) atoms. The van der Waals surface area contributed by atoms with Crippen molar-refractivity contribution in [2.24, 2.45) is 0 Å². The van der Waals surface area contributed by atoms with E-state index in [0.29, 0.717) is 12.3 Å². The third-order valence-corrected chi connectivity index (χ3v) is 2.73. The maximum Gasteiger partial charge on any atom is 0.134 e. The first-order valence-corrected chi connectivity index (χ1v) is 5.71. The number of aromatic hydroxyl groups is 1. The molecule has 0 unspecified atom stereocenters. The normalized spacial score (nSPS) is 10.5. The molecule has 0 heterocycles. The maximum atomic E-state index is 9.69. The summed E-state index contributed by atoms with van der Waals surface area (Å²) < 4.78 is 5.67. The second-order valence-corrected chi connectivity index (χ2v) is 4.13. The second-order valence-electron chi connectivity index (χ2n) is 3.27. The van der Waals surface area contributed by atoms with Crippen molar-refractivity contribution in [3.05, 3.63) is 28.2 Å². The van der Waals surface area contributed by atoms with Gasteiger partial charge in [-0.1, -0.05) is 12.1 Å². The number of hydrogen-bond donors (Lipinski definition) is 2. The average Bonchev–Trinajstić information content (AvgIpc) is 2.24. The molecule has 0 aliphatic heterocycles. The van der Waals surface area contributed by atoms with Crippen LogP contribution in [0.5, 0.6) is 5.75 Å². The van der Waals surface area contributed by atoms with Gasteiger partial charge in [-0.15, -0.1) is 0 Å². The Morgan fingerprint density at radius 1 is 1.47 bits per heavy atom. The summed E-state index contributed by atoms with van der Waals surface area (Å²) in [7, 11) is 1.69. The number of nitrogens with one attached hydrogen (secondary N) is 1. The Balaban J connectivity index is 2.34. The van der Waals surface area contributed by atoms with Crippen LogP contribution in [-0.4, -0.2) is 25.4 Å². The fourth-order valence-electron chi connectivity index (χ4n) is 1.27. The van der Waals surface area contributed by atoms with Gasteiger partial charge in [0.05, 0.1) is 4.47 Å². The van der Waals surface area contributed by atoms with Crippen LogP contribution in [0.15, 0.2) is 22.7 Å². The van der Waals surface area contributed by atoms with Gasteiger partial charge in [-0.3, -0.25) is 0 Å². The van der Waals surface area contributed by atoms with E-state index < -0.39 is 0 Å². The molecule has 0 saturated heterocycles. The van der Waals surface area contributed by atoms with Gasteiger partial charge in [-0.25, -0.2) is 0 Å². The Kier molecular flexibility index (Phi) is 5.68. The first kappa shape index (κ1) is 12.5. The number of phenolic OH excluding ortho intramolecular Hbond substituents is 1. The summed E-state index contributed by atoms with van der Waals surface area (Å²) >= 11 is 3.28. The van der Waals surface area contributed by atoms with Crippen molar-refractivity contribution < 1.29 is 9.84 Å². The number of para-hydroxylation sites is 1. The van der Waals surface area contributed by atoms with Crippen molar-refractivity contribution >= 4 is 15.9 Å². The zero-order valence-corrected chi connectivity index (χ0v) is 10.4. The zero-order chi connectivity index (χ0) is 11.1. The molecule has 3 nitrogen and oxygen atoms in total. The molecule has 0 amide bonds.